The highest BCUT2D eigenvalue weighted by Crippen LogP contribution is 2.18. The second-order valence-corrected chi connectivity index (χ2v) is 5.44. The molecule has 1 saturated heterocycles. The molecule has 1 aromatic heterocycles. The van der Waals surface area contributed by atoms with Gasteiger partial charge in [-0.3, -0.25) is 4.79 Å². The Labute approximate surface area is 123 Å². The molecule has 0 unspecified atom stereocenters. The molecule has 0 bridgehead atoms. The van der Waals surface area contributed by atoms with Crippen LogP contribution in [0.15, 0.2) is 29.1 Å². The van der Waals surface area contributed by atoms with Gasteiger partial charge >= 0.3 is 0 Å². The summed E-state index contributed by atoms with van der Waals surface area (Å²) in [5.74, 6) is 0.746. The van der Waals surface area contributed by atoms with Gasteiger partial charge < -0.3 is 19.8 Å². The molecule has 3 N–H and O–H groups in total. The van der Waals surface area contributed by atoms with Crippen LogP contribution in [0.4, 0.5) is 0 Å². The topological polar surface area (TPSA) is 67.9 Å². The fourth-order valence-electron chi connectivity index (χ4n) is 2.76. The number of aromatic amines is 1. The summed E-state index contributed by atoms with van der Waals surface area (Å²) in [7, 11) is 1.62. The van der Waals surface area contributed by atoms with E-state index in [0.29, 0.717) is 12.6 Å². The van der Waals surface area contributed by atoms with E-state index in [1.54, 1.807) is 7.11 Å². The Kier molecular flexibility index (Phi) is 4.22. The molecule has 1 fully saturated rings. The van der Waals surface area contributed by atoms with Crippen LogP contribution in [-0.2, 0) is 11.3 Å². The maximum atomic E-state index is 12.1. The zero-order valence-corrected chi connectivity index (χ0v) is 12.2. The van der Waals surface area contributed by atoms with Crippen molar-refractivity contribution in [2.45, 2.75) is 25.5 Å². The van der Waals surface area contributed by atoms with Gasteiger partial charge in [-0.1, -0.05) is 0 Å². The number of benzene rings is 1. The Morgan fingerprint density at radius 3 is 3.10 bits per heavy atom. The van der Waals surface area contributed by atoms with E-state index in [1.165, 1.54) is 0 Å². The Bertz CT molecular complexity index is 675. The maximum absolute atomic E-state index is 12.1. The van der Waals surface area contributed by atoms with E-state index in [9.17, 15) is 4.79 Å². The normalized spacial score (nSPS) is 18.2. The molecule has 5 nitrogen and oxygen atoms in total. The highest BCUT2D eigenvalue weighted by atomic mass is 16.5. The molecule has 0 aliphatic carbocycles. The zero-order valence-electron chi connectivity index (χ0n) is 12.2. The highest BCUT2D eigenvalue weighted by Gasteiger charge is 2.17. The first-order valence-corrected chi connectivity index (χ1v) is 7.39. The number of hydrogen-bond acceptors (Lipinski definition) is 3. The maximum Gasteiger partial charge on any atom is 0.257 e. The number of rotatable bonds is 5. The third kappa shape index (κ3) is 3.25. The van der Waals surface area contributed by atoms with Crippen molar-refractivity contribution in [3.05, 3.63) is 40.2 Å². The highest BCUT2D eigenvalue weighted by molar-refractivity contribution is 5.80. The molecule has 1 aromatic carbocycles. The average molecular weight is 289 g/mol. The summed E-state index contributed by atoms with van der Waals surface area (Å²) in [6, 6.07) is 7.67. The molecule has 21 heavy (non-hydrogen) atoms. The monoisotopic (exact) mass is 289 g/mol. The summed E-state index contributed by atoms with van der Waals surface area (Å²) in [6.45, 7) is 2.47. The molecule has 0 radical (unpaired) electrons. The van der Waals surface area contributed by atoms with Gasteiger partial charge in [-0.05, 0) is 36.4 Å². The Morgan fingerprint density at radius 1 is 1.43 bits per heavy atom. The molecule has 0 saturated carbocycles. The lowest BCUT2D eigenvalue weighted by Gasteiger charge is -2.08. The van der Waals surface area contributed by atoms with Crippen molar-refractivity contribution in [2.24, 2.45) is 0 Å². The summed E-state index contributed by atoms with van der Waals surface area (Å²) < 4.78 is 10.8. The molecule has 1 aliphatic rings. The SMILES string of the molecule is COc1ccc2cc(C[NH2+]C[C@@H]3CCCO3)c(=O)[nH]c2c1. The molecule has 3 rings (SSSR count). The first kappa shape index (κ1) is 14.1. The number of fused-ring (bicyclic) bond motifs is 1. The van der Waals surface area contributed by atoms with E-state index in [0.717, 1.165) is 48.2 Å². The minimum absolute atomic E-state index is 0.0284. The van der Waals surface area contributed by atoms with E-state index in [1.807, 2.05) is 24.3 Å². The molecule has 0 spiro atoms. The van der Waals surface area contributed by atoms with E-state index in [-0.39, 0.29) is 5.56 Å². The summed E-state index contributed by atoms with van der Waals surface area (Å²) in [4.78, 5) is 15.0. The summed E-state index contributed by atoms with van der Waals surface area (Å²) >= 11 is 0. The third-order valence-electron chi connectivity index (χ3n) is 3.95. The molecule has 1 aliphatic heterocycles. The number of hydrogen-bond donors (Lipinski definition) is 2. The van der Waals surface area contributed by atoms with Crippen LogP contribution in [0.5, 0.6) is 5.75 Å². The van der Waals surface area contributed by atoms with Gasteiger partial charge in [0.15, 0.2) is 0 Å². The van der Waals surface area contributed by atoms with E-state index >= 15 is 0 Å². The predicted octanol–water partition coefficient (Wildman–Crippen LogP) is 0.779. The third-order valence-corrected chi connectivity index (χ3v) is 3.95. The lowest BCUT2D eigenvalue weighted by Crippen LogP contribution is -2.85. The molecular formula is C16H21N2O3+. The second kappa shape index (κ2) is 6.28. The molecule has 0 amide bonds. The molecule has 2 heterocycles. The standard InChI is InChI=1S/C16H20N2O3/c1-20-13-5-4-11-7-12(16(19)18-15(11)8-13)9-17-10-14-3-2-6-21-14/h4-5,7-8,14,17H,2-3,6,9-10H2,1H3,(H,18,19)/p+1/t14-/m0/s1. The number of pyridine rings is 1. The Hall–Kier alpha value is -1.85. The summed E-state index contributed by atoms with van der Waals surface area (Å²) in [5.41, 5.74) is 1.58. The molecular weight excluding hydrogens is 268 g/mol. The first-order chi connectivity index (χ1) is 10.3. The van der Waals surface area contributed by atoms with Gasteiger partial charge in [0.05, 0.1) is 18.2 Å². The Morgan fingerprint density at radius 2 is 2.33 bits per heavy atom. The fourth-order valence-corrected chi connectivity index (χ4v) is 2.76. The van der Waals surface area contributed by atoms with Crippen LogP contribution in [0, 0.1) is 0 Å². The van der Waals surface area contributed by atoms with E-state index in [4.69, 9.17) is 9.47 Å². The number of quaternary nitrogens is 1. The zero-order chi connectivity index (χ0) is 14.7. The number of methoxy groups -OCH3 is 1. The number of nitrogens with one attached hydrogen (secondary N) is 1. The Balaban J connectivity index is 1.72. The summed E-state index contributed by atoms with van der Waals surface area (Å²) in [5, 5.41) is 3.17. The number of aromatic nitrogens is 1. The number of ether oxygens (including phenoxy) is 2. The van der Waals surface area contributed by atoms with Crippen molar-refractivity contribution >= 4 is 10.9 Å². The van der Waals surface area contributed by atoms with Gasteiger partial charge in [0.25, 0.3) is 5.56 Å². The van der Waals surface area contributed by atoms with Crippen LogP contribution in [0.3, 0.4) is 0 Å². The summed E-state index contributed by atoms with van der Waals surface area (Å²) in [6.07, 6.45) is 2.62. The van der Waals surface area contributed by atoms with Gasteiger partial charge in [0.2, 0.25) is 0 Å². The molecule has 2 aromatic rings. The smallest absolute Gasteiger partial charge is 0.257 e. The molecule has 1 atom stereocenters. The minimum atomic E-state index is -0.0284. The van der Waals surface area contributed by atoms with E-state index in [2.05, 4.69) is 10.3 Å². The van der Waals surface area contributed by atoms with Crippen LogP contribution < -0.4 is 15.6 Å². The second-order valence-electron chi connectivity index (χ2n) is 5.44. The van der Waals surface area contributed by atoms with Crippen LogP contribution in [0.25, 0.3) is 10.9 Å². The average Bonchev–Trinajstić information content (AvgIpc) is 3.00. The van der Waals surface area contributed by atoms with Crippen LogP contribution >= 0.6 is 0 Å². The van der Waals surface area contributed by atoms with Gasteiger partial charge in [0.1, 0.15) is 24.9 Å². The van der Waals surface area contributed by atoms with E-state index < -0.39 is 0 Å². The van der Waals surface area contributed by atoms with Gasteiger partial charge in [-0.2, -0.15) is 0 Å². The van der Waals surface area contributed by atoms with Gasteiger partial charge in [-0.25, -0.2) is 0 Å². The van der Waals surface area contributed by atoms with Gasteiger partial charge in [-0.15, -0.1) is 0 Å². The van der Waals surface area contributed by atoms with Crippen LogP contribution in [-0.4, -0.2) is 31.3 Å². The number of H-pyrrole nitrogens is 1. The minimum Gasteiger partial charge on any atom is -0.497 e. The van der Waals surface area contributed by atoms with Gasteiger partial charge in [0, 0.05) is 12.7 Å². The quantitative estimate of drug-likeness (QED) is 0.854. The van der Waals surface area contributed by atoms with Crippen molar-refractivity contribution in [3.8, 4) is 5.75 Å². The lowest BCUT2D eigenvalue weighted by molar-refractivity contribution is -0.676. The van der Waals surface area contributed by atoms with Crippen molar-refractivity contribution < 1.29 is 14.8 Å². The lowest BCUT2D eigenvalue weighted by atomic mass is 10.1. The van der Waals surface area contributed by atoms with Crippen molar-refractivity contribution in [3.63, 3.8) is 0 Å². The van der Waals surface area contributed by atoms with Crippen molar-refractivity contribution in [1.29, 1.82) is 0 Å². The van der Waals surface area contributed by atoms with Crippen LogP contribution in [0.1, 0.15) is 18.4 Å². The van der Waals surface area contributed by atoms with Crippen molar-refractivity contribution in [2.75, 3.05) is 20.3 Å². The largest absolute Gasteiger partial charge is 0.497 e. The molecule has 112 valence electrons. The molecule has 5 heteroatoms. The van der Waals surface area contributed by atoms with Crippen molar-refractivity contribution in [1.82, 2.24) is 4.98 Å². The number of nitrogens with two attached hydrogens (primary N) is 1. The predicted molar refractivity (Wildman–Crippen MR) is 80.6 cm³/mol. The fraction of sp³-hybridized carbons (Fsp3) is 0.438. The first-order valence-electron chi connectivity index (χ1n) is 7.39. The van der Waals surface area contributed by atoms with Crippen LogP contribution in [0.2, 0.25) is 0 Å².